The predicted molar refractivity (Wildman–Crippen MR) is 96.9 cm³/mol. The van der Waals surface area contributed by atoms with Crippen molar-refractivity contribution in [1.82, 2.24) is 14.8 Å². The van der Waals surface area contributed by atoms with Gasteiger partial charge in [0.1, 0.15) is 15.7 Å². The first-order valence-electron chi connectivity index (χ1n) is 7.37. The molecule has 26 heavy (non-hydrogen) atoms. The summed E-state index contributed by atoms with van der Waals surface area (Å²) >= 11 is 5.82. The predicted octanol–water partition coefficient (Wildman–Crippen LogP) is 2.13. The van der Waals surface area contributed by atoms with Gasteiger partial charge in [-0.2, -0.15) is 5.10 Å². The number of nitrogens with one attached hydrogen (secondary N) is 1. The molecule has 134 valence electrons. The van der Waals surface area contributed by atoms with Crippen LogP contribution >= 0.6 is 11.6 Å². The van der Waals surface area contributed by atoms with Crippen LogP contribution in [-0.2, 0) is 10.0 Å². The molecule has 0 radical (unpaired) electrons. The van der Waals surface area contributed by atoms with Gasteiger partial charge in [0.2, 0.25) is 0 Å². The van der Waals surface area contributed by atoms with E-state index in [1.807, 2.05) is 0 Å². The van der Waals surface area contributed by atoms with E-state index in [1.165, 1.54) is 23.0 Å². The minimum Gasteiger partial charge on any atom is -0.364 e. The van der Waals surface area contributed by atoms with Gasteiger partial charge >= 0.3 is 0 Å². The number of aromatic nitrogens is 3. The van der Waals surface area contributed by atoms with Crippen LogP contribution in [0, 0.1) is 6.92 Å². The van der Waals surface area contributed by atoms with Gasteiger partial charge in [0.05, 0.1) is 5.69 Å². The maximum Gasteiger partial charge on any atom is 0.269 e. The largest absolute Gasteiger partial charge is 0.364 e. The quantitative estimate of drug-likeness (QED) is 0.645. The van der Waals surface area contributed by atoms with Crippen LogP contribution in [0.15, 0.2) is 53.7 Å². The summed E-state index contributed by atoms with van der Waals surface area (Å²) in [5.41, 5.74) is 6.88. The summed E-state index contributed by atoms with van der Waals surface area (Å²) in [5, 5.41) is 4.29. The molecule has 0 unspecified atom stereocenters. The van der Waals surface area contributed by atoms with Crippen molar-refractivity contribution in [2.45, 2.75) is 11.8 Å². The Morgan fingerprint density at radius 1 is 1.23 bits per heavy atom. The van der Waals surface area contributed by atoms with Crippen LogP contribution in [-0.4, -0.2) is 29.1 Å². The third-order valence-electron chi connectivity index (χ3n) is 3.53. The van der Waals surface area contributed by atoms with Gasteiger partial charge in [-0.05, 0) is 48.9 Å². The van der Waals surface area contributed by atoms with Gasteiger partial charge in [0.25, 0.3) is 15.9 Å². The molecule has 3 aromatic rings. The van der Waals surface area contributed by atoms with Gasteiger partial charge < -0.3 is 5.73 Å². The van der Waals surface area contributed by atoms with Crippen LogP contribution in [0.4, 0.5) is 5.69 Å². The highest BCUT2D eigenvalue weighted by atomic mass is 35.5. The van der Waals surface area contributed by atoms with E-state index in [0.717, 1.165) is 0 Å². The molecule has 0 saturated heterocycles. The SMILES string of the molecule is Cc1cc(S(=O)(=O)Nc2ccc(-n3ccc(C(N)=O)n3)cc2)cnc1Cl. The van der Waals surface area contributed by atoms with Crippen molar-refractivity contribution in [2.24, 2.45) is 5.73 Å². The maximum absolute atomic E-state index is 12.4. The van der Waals surface area contributed by atoms with Crippen LogP contribution < -0.4 is 10.5 Å². The summed E-state index contributed by atoms with van der Waals surface area (Å²) in [6.45, 7) is 1.67. The first-order chi connectivity index (χ1) is 12.3. The molecule has 1 amide bonds. The highest BCUT2D eigenvalue weighted by Gasteiger charge is 2.16. The van der Waals surface area contributed by atoms with Crippen molar-refractivity contribution in [3.05, 3.63) is 65.2 Å². The number of carbonyl (C=O) groups is 1. The summed E-state index contributed by atoms with van der Waals surface area (Å²) < 4.78 is 28.8. The molecule has 0 saturated carbocycles. The molecular formula is C16H14ClN5O3S. The van der Waals surface area contributed by atoms with E-state index in [4.69, 9.17) is 17.3 Å². The second-order valence-electron chi connectivity index (χ2n) is 5.44. The number of halogens is 1. The topological polar surface area (TPSA) is 120 Å². The van der Waals surface area contributed by atoms with Crippen LogP contribution in [0.3, 0.4) is 0 Å². The van der Waals surface area contributed by atoms with E-state index in [9.17, 15) is 13.2 Å². The zero-order chi connectivity index (χ0) is 18.9. The lowest BCUT2D eigenvalue weighted by Gasteiger charge is -2.09. The Morgan fingerprint density at radius 3 is 2.50 bits per heavy atom. The summed E-state index contributed by atoms with van der Waals surface area (Å²) in [5.74, 6) is -0.625. The summed E-state index contributed by atoms with van der Waals surface area (Å²) in [4.78, 5) is 15.0. The normalized spacial score (nSPS) is 11.3. The van der Waals surface area contributed by atoms with Crippen molar-refractivity contribution in [3.63, 3.8) is 0 Å². The average Bonchev–Trinajstić information content (AvgIpc) is 3.08. The Kier molecular flexibility index (Phi) is 4.66. The Labute approximate surface area is 154 Å². The van der Waals surface area contributed by atoms with Crippen molar-refractivity contribution in [1.29, 1.82) is 0 Å². The number of pyridine rings is 1. The number of amides is 1. The fraction of sp³-hybridized carbons (Fsp3) is 0.0625. The van der Waals surface area contributed by atoms with Crippen molar-refractivity contribution in [2.75, 3.05) is 4.72 Å². The van der Waals surface area contributed by atoms with E-state index in [2.05, 4.69) is 14.8 Å². The standard InChI is InChI=1S/C16H14ClN5O3S/c1-10-8-13(9-19-15(10)17)26(24,25)21-11-2-4-12(5-3-11)22-7-6-14(20-22)16(18)23/h2-9,21H,1H3,(H2,18,23). The molecule has 0 bridgehead atoms. The van der Waals surface area contributed by atoms with Crippen LogP contribution in [0.2, 0.25) is 5.15 Å². The number of hydrogen-bond acceptors (Lipinski definition) is 5. The average molecular weight is 392 g/mol. The number of primary amides is 1. The van der Waals surface area contributed by atoms with Gasteiger partial charge in [-0.15, -0.1) is 0 Å². The molecule has 3 rings (SSSR count). The monoisotopic (exact) mass is 391 g/mol. The Hall–Kier alpha value is -2.91. The third-order valence-corrected chi connectivity index (χ3v) is 5.27. The molecule has 3 N–H and O–H groups in total. The second kappa shape index (κ2) is 6.77. The molecule has 0 aliphatic heterocycles. The van der Waals surface area contributed by atoms with Gasteiger partial charge in [0.15, 0.2) is 0 Å². The van der Waals surface area contributed by atoms with Gasteiger partial charge in [-0.25, -0.2) is 18.1 Å². The zero-order valence-electron chi connectivity index (χ0n) is 13.5. The van der Waals surface area contributed by atoms with E-state index < -0.39 is 15.9 Å². The molecule has 0 spiro atoms. The van der Waals surface area contributed by atoms with E-state index in [1.54, 1.807) is 37.4 Å². The smallest absolute Gasteiger partial charge is 0.269 e. The lowest BCUT2D eigenvalue weighted by molar-refractivity contribution is 0.0995. The lowest BCUT2D eigenvalue weighted by atomic mass is 10.3. The number of nitrogens with two attached hydrogens (primary N) is 1. The van der Waals surface area contributed by atoms with E-state index in [0.29, 0.717) is 16.9 Å². The minimum atomic E-state index is -3.79. The number of aryl methyl sites for hydroxylation is 1. The lowest BCUT2D eigenvalue weighted by Crippen LogP contribution is -2.13. The van der Waals surface area contributed by atoms with Crippen molar-refractivity contribution >= 4 is 33.2 Å². The van der Waals surface area contributed by atoms with Gasteiger partial charge in [-0.1, -0.05) is 11.6 Å². The Morgan fingerprint density at radius 2 is 1.92 bits per heavy atom. The van der Waals surface area contributed by atoms with Crippen molar-refractivity contribution in [3.8, 4) is 5.69 Å². The number of carbonyl (C=O) groups excluding carboxylic acids is 1. The molecule has 0 aliphatic rings. The molecule has 0 aliphatic carbocycles. The van der Waals surface area contributed by atoms with Crippen LogP contribution in [0.25, 0.3) is 5.69 Å². The number of anilines is 1. The Bertz CT molecular complexity index is 1080. The fourth-order valence-electron chi connectivity index (χ4n) is 2.17. The molecule has 10 heteroatoms. The number of benzene rings is 1. The summed E-state index contributed by atoms with van der Waals surface area (Å²) in [7, 11) is -3.79. The highest BCUT2D eigenvalue weighted by Crippen LogP contribution is 2.20. The van der Waals surface area contributed by atoms with Crippen molar-refractivity contribution < 1.29 is 13.2 Å². The first kappa shape index (κ1) is 17.9. The second-order valence-corrected chi connectivity index (χ2v) is 7.48. The Balaban J connectivity index is 1.82. The summed E-state index contributed by atoms with van der Waals surface area (Å²) in [6.07, 6.45) is 2.78. The molecule has 8 nitrogen and oxygen atoms in total. The number of rotatable bonds is 5. The minimum absolute atomic E-state index is 0.0154. The van der Waals surface area contributed by atoms with Crippen LogP contribution in [0.1, 0.15) is 16.1 Å². The highest BCUT2D eigenvalue weighted by molar-refractivity contribution is 7.92. The van der Waals surface area contributed by atoms with Gasteiger partial charge in [-0.3, -0.25) is 9.52 Å². The number of nitrogens with zero attached hydrogens (tertiary/aromatic N) is 3. The molecule has 0 fully saturated rings. The van der Waals surface area contributed by atoms with Gasteiger partial charge in [0, 0.05) is 18.1 Å². The molecule has 0 atom stereocenters. The number of sulfonamides is 1. The summed E-state index contributed by atoms with van der Waals surface area (Å²) in [6, 6.07) is 9.40. The first-order valence-corrected chi connectivity index (χ1v) is 9.23. The molecule has 2 heterocycles. The fourth-order valence-corrected chi connectivity index (χ4v) is 3.37. The third kappa shape index (κ3) is 3.68. The molecule has 1 aromatic carbocycles. The van der Waals surface area contributed by atoms with E-state index >= 15 is 0 Å². The maximum atomic E-state index is 12.4. The van der Waals surface area contributed by atoms with Crippen LogP contribution in [0.5, 0.6) is 0 Å². The molecular weight excluding hydrogens is 378 g/mol. The number of hydrogen-bond donors (Lipinski definition) is 2. The zero-order valence-corrected chi connectivity index (χ0v) is 15.1. The van der Waals surface area contributed by atoms with E-state index in [-0.39, 0.29) is 15.7 Å². The molecule has 2 aromatic heterocycles.